The Morgan fingerprint density at radius 2 is 1.96 bits per heavy atom. The van der Waals surface area contributed by atoms with Gasteiger partial charge in [0.1, 0.15) is 0 Å². The van der Waals surface area contributed by atoms with Gasteiger partial charge in [-0.1, -0.05) is 0 Å². The zero-order chi connectivity index (χ0) is 19.0. The van der Waals surface area contributed by atoms with Gasteiger partial charge in [0.25, 0.3) is 0 Å². The third-order valence-corrected chi connectivity index (χ3v) is 4.23. The number of halogens is 1. The third kappa shape index (κ3) is 3.31. The molecule has 1 N–H and O–H groups in total. The van der Waals surface area contributed by atoms with Crippen LogP contribution in [0.5, 0.6) is 5.75 Å². The normalized spacial score (nSPS) is 11.0. The van der Waals surface area contributed by atoms with E-state index in [0.29, 0.717) is 16.9 Å². The quantitative estimate of drug-likeness (QED) is 0.588. The summed E-state index contributed by atoms with van der Waals surface area (Å²) in [4.78, 5) is 9.11. The first-order valence-electron chi connectivity index (χ1n) is 8.40. The van der Waals surface area contributed by atoms with Crippen molar-refractivity contribution < 1.29 is 9.13 Å². The SMILES string of the molecule is COc1cc(C)cc(Nc2ccc3ncc(-c4cnn(C)c4)nc3c2)c1F. The second-order valence-corrected chi connectivity index (χ2v) is 6.32. The van der Waals surface area contributed by atoms with Crippen molar-refractivity contribution in [3.63, 3.8) is 0 Å². The average Bonchev–Trinajstić information content (AvgIpc) is 3.10. The summed E-state index contributed by atoms with van der Waals surface area (Å²) in [5.74, 6) is -0.227. The molecule has 2 aromatic carbocycles. The van der Waals surface area contributed by atoms with Gasteiger partial charge in [0.05, 0.1) is 41.9 Å². The number of hydrogen-bond acceptors (Lipinski definition) is 5. The molecule has 4 aromatic rings. The van der Waals surface area contributed by atoms with E-state index in [0.717, 1.165) is 22.3 Å². The van der Waals surface area contributed by atoms with Crippen LogP contribution in [0.1, 0.15) is 5.56 Å². The lowest BCUT2D eigenvalue weighted by atomic mass is 10.1. The molecular formula is C20H18FN5O. The van der Waals surface area contributed by atoms with Gasteiger partial charge in [0.2, 0.25) is 0 Å². The summed E-state index contributed by atoms with van der Waals surface area (Å²) < 4.78 is 21.3. The van der Waals surface area contributed by atoms with E-state index < -0.39 is 5.82 Å². The Bertz CT molecular complexity index is 1140. The zero-order valence-electron chi connectivity index (χ0n) is 15.2. The van der Waals surface area contributed by atoms with Crippen molar-refractivity contribution in [3.05, 3.63) is 60.3 Å². The van der Waals surface area contributed by atoms with E-state index in [2.05, 4.69) is 20.4 Å². The number of nitrogens with one attached hydrogen (secondary N) is 1. The molecule has 0 amide bonds. The van der Waals surface area contributed by atoms with Gasteiger partial charge in [-0.2, -0.15) is 5.10 Å². The molecule has 6 nitrogen and oxygen atoms in total. The Morgan fingerprint density at radius 3 is 2.70 bits per heavy atom. The number of ether oxygens (including phenoxy) is 1. The molecule has 2 aromatic heterocycles. The molecule has 0 spiro atoms. The van der Waals surface area contributed by atoms with Gasteiger partial charge in [-0.05, 0) is 42.8 Å². The van der Waals surface area contributed by atoms with Crippen LogP contribution in [-0.4, -0.2) is 26.9 Å². The standard InChI is InChI=1S/C20H18FN5O/c1-12-6-17(20(21)19(7-12)27-3)24-14-4-5-15-16(8-14)25-18(10-22-15)13-9-23-26(2)11-13/h4-11,24H,1-3H3. The molecule has 27 heavy (non-hydrogen) atoms. The van der Waals surface area contributed by atoms with Gasteiger partial charge in [-0.3, -0.25) is 9.67 Å². The molecule has 0 aliphatic heterocycles. The maximum absolute atomic E-state index is 14.5. The Balaban J connectivity index is 1.72. The molecule has 0 saturated carbocycles. The van der Waals surface area contributed by atoms with Crippen molar-refractivity contribution in [2.45, 2.75) is 6.92 Å². The fourth-order valence-corrected chi connectivity index (χ4v) is 2.91. The summed E-state index contributed by atoms with van der Waals surface area (Å²) in [6, 6.07) is 8.93. The number of aromatic nitrogens is 4. The van der Waals surface area contributed by atoms with Gasteiger partial charge in [-0.15, -0.1) is 0 Å². The smallest absolute Gasteiger partial charge is 0.188 e. The number of hydrogen-bond donors (Lipinski definition) is 1. The zero-order valence-corrected chi connectivity index (χ0v) is 15.2. The topological polar surface area (TPSA) is 64.9 Å². The summed E-state index contributed by atoms with van der Waals surface area (Å²) in [6.45, 7) is 1.89. The van der Waals surface area contributed by atoms with Crippen molar-refractivity contribution in [1.82, 2.24) is 19.7 Å². The van der Waals surface area contributed by atoms with Crippen LogP contribution in [-0.2, 0) is 7.05 Å². The number of methoxy groups -OCH3 is 1. The summed E-state index contributed by atoms with van der Waals surface area (Å²) >= 11 is 0. The predicted octanol–water partition coefficient (Wildman–Crippen LogP) is 4.23. The summed E-state index contributed by atoms with van der Waals surface area (Å²) in [6.07, 6.45) is 5.34. The number of benzene rings is 2. The minimum atomic E-state index is -0.432. The average molecular weight is 363 g/mol. The van der Waals surface area contributed by atoms with E-state index in [1.807, 2.05) is 38.4 Å². The first-order chi connectivity index (χ1) is 13.0. The molecule has 0 saturated heterocycles. The second-order valence-electron chi connectivity index (χ2n) is 6.32. The number of fused-ring (bicyclic) bond motifs is 1. The van der Waals surface area contributed by atoms with E-state index in [4.69, 9.17) is 4.74 Å². The van der Waals surface area contributed by atoms with E-state index in [1.165, 1.54) is 7.11 Å². The van der Waals surface area contributed by atoms with Crippen LogP contribution in [0.25, 0.3) is 22.3 Å². The largest absolute Gasteiger partial charge is 0.494 e. The predicted molar refractivity (Wildman–Crippen MR) is 103 cm³/mol. The fraction of sp³-hybridized carbons (Fsp3) is 0.150. The molecule has 4 rings (SSSR count). The highest BCUT2D eigenvalue weighted by molar-refractivity contribution is 5.82. The van der Waals surface area contributed by atoms with Gasteiger partial charge >= 0.3 is 0 Å². The lowest BCUT2D eigenvalue weighted by Gasteiger charge is -2.12. The van der Waals surface area contributed by atoms with Crippen molar-refractivity contribution in [1.29, 1.82) is 0 Å². The van der Waals surface area contributed by atoms with E-state index in [-0.39, 0.29) is 5.75 Å². The molecule has 0 aliphatic rings. The lowest BCUT2D eigenvalue weighted by Crippen LogP contribution is -1.98. The highest BCUT2D eigenvalue weighted by Gasteiger charge is 2.11. The van der Waals surface area contributed by atoms with E-state index >= 15 is 0 Å². The van der Waals surface area contributed by atoms with Crippen LogP contribution in [0, 0.1) is 12.7 Å². The number of aryl methyl sites for hydroxylation is 2. The van der Waals surface area contributed by atoms with Gasteiger partial charge < -0.3 is 10.1 Å². The number of rotatable bonds is 4. The van der Waals surface area contributed by atoms with Crippen LogP contribution >= 0.6 is 0 Å². The first-order valence-corrected chi connectivity index (χ1v) is 8.40. The van der Waals surface area contributed by atoms with Crippen LogP contribution in [0.4, 0.5) is 15.8 Å². The molecule has 136 valence electrons. The maximum atomic E-state index is 14.5. The van der Waals surface area contributed by atoms with E-state index in [1.54, 1.807) is 29.2 Å². The Morgan fingerprint density at radius 1 is 1.11 bits per heavy atom. The highest BCUT2D eigenvalue weighted by Crippen LogP contribution is 2.30. The molecule has 7 heteroatoms. The van der Waals surface area contributed by atoms with Crippen molar-refractivity contribution >= 4 is 22.4 Å². The lowest BCUT2D eigenvalue weighted by molar-refractivity contribution is 0.387. The molecule has 0 fully saturated rings. The minimum Gasteiger partial charge on any atom is -0.494 e. The molecular weight excluding hydrogens is 345 g/mol. The van der Waals surface area contributed by atoms with Crippen molar-refractivity contribution in [3.8, 4) is 17.0 Å². The van der Waals surface area contributed by atoms with Crippen molar-refractivity contribution in [2.24, 2.45) is 7.05 Å². The molecule has 0 atom stereocenters. The number of nitrogens with zero attached hydrogens (tertiary/aromatic N) is 4. The minimum absolute atomic E-state index is 0.206. The van der Waals surface area contributed by atoms with Crippen molar-refractivity contribution in [2.75, 3.05) is 12.4 Å². The van der Waals surface area contributed by atoms with Gasteiger partial charge in [0, 0.05) is 24.5 Å². The first kappa shape index (κ1) is 17.0. The van der Waals surface area contributed by atoms with Crippen LogP contribution in [0.15, 0.2) is 48.9 Å². The second kappa shape index (κ2) is 6.68. The summed E-state index contributed by atoms with van der Waals surface area (Å²) in [7, 11) is 3.30. The third-order valence-electron chi connectivity index (χ3n) is 4.23. The summed E-state index contributed by atoms with van der Waals surface area (Å²) in [5, 5.41) is 7.27. The Hall–Kier alpha value is -3.48. The molecule has 0 aliphatic carbocycles. The monoisotopic (exact) mass is 363 g/mol. The molecule has 0 unspecified atom stereocenters. The van der Waals surface area contributed by atoms with Gasteiger partial charge in [-0.25, -0.2) is 9.37 Å². The fourth-order valence-electron chi connectivity index (χ4n) is 2.91. The van der Waals surface area contributed by atoms with Crippen LogP contribution < -0.4 is 10.1 Å². The maximum Gasteiger partial charge on any atom is 0.188 e. The highest BCUT2D eigenvalue weighted by atomic mass is 19.1. The van der Waals surface area contributed by atoms with Crippen LogP contribution in [0.3, 0.4) is 0 Å². The number of anilines is 2. The summed E-state index contributed by atoms with van der Waals surface area (Å²) in [5.41, 5.74) is 5.05. The molecule has 0 radical (unpaired) electrons. The van der Waals surface area contributed by atoms with Crippen LogP contribution in [0.2, 0.25) is 0 Å². The molecule has 0 bridgehead atoms. The van der Waals surface area contributed by atoms with Gasteiger partial charge in [0.15, 0.2) is 11.6 Å². The Kier molecular flexibility index (Phi) is 4.19. The Labute approximate surface area is 155 Å². The van der Waals surface area contributed by atoms with E-state index in [9.17, 15) is 4.39 Å². The molecule has 2 heterocycles.